The quantitative estimate of drug-likeness (QED) is 0.561. The van der Waals surface area contributed by atoms with Gasteiger partial charge in [0, 0.05) is 30.9 Å². The van der Waals surface area contributed by atoms with E-state index < -0.39 is 28.8 Å². The van der Waals surface area contributed by atoms with Crippen LogP contribution in [-0.4, -0.2) is 27.9 Å². The molecular weight excluding hydrogens is 365 g/mol. The molecule has 1 aromatic heterocycles. The number of ketones is 2. The number of carbonyl (C=O) groups is 4. The van der Waals surface area contributed by atoms with Gasteiger partial charge in [-0.3, -0.25) is 19.2 Å². The van der Waals surface area contributed by atoms with Crippen molar-refractivity contribution in [1.82, 2.24) is 4.57 Å². The van der Waals surface area contributed by atoms with Gasteiger partial charge in [0.05, 0.1) is 5.41 Å². The second-order valence-corrected chi connectivity index (χ2v) is 7.32. The molecule has 148 valence electrons. The molecule has 0 aliphatic carbocycles. The first-order valence-electron chi connectivity index (χ1n) is 8.53. The van der Waals surface area contributed by atoms with E-state index in [-0.39, 0.29) is 23.5 Å². The second-order valence-electron chi connectivity index (χ2n) is 7.32. The van der Waals surface area contributed by atoms with Crippen LogP contribution in [0.3, 0.4) is 0 Å². The van der Waals surface area contributed by atoms with Crippen molar-refractivity contribution >= 4 is 29.1 Å². The van der Waals surface area contributed by atoms with Gasteiger partial charge in [-0.2, -0.15) is 0 Å². The SMILES string of the molecule is Cc1cc(NC(=O)c2cc(C(=O)C(=O)CC(C)(C)C(N)=O)cn2C)ccc1F. The molecule has 0 atom stereocenters. The van der Waals surface area contributed by atoms with E-state index in [0.29, 0.717) is 11.3 Å². The van der Waals surface area contributed by atoms with Crippen molar-refractivity contribution in [1.29, 1.82) is 0 Å². The standard InChI is InChI=1S/C20H22FN3O4/c1-11-7-13(5-6-14(11)21)23-18(27)15-8-12(10-24(15)4)17(26)16(25)9-20(2,3)19(22)28/h5-8,10H,9H2,1-4H3,(H2,22,28)(H,23,27). The molecule has 0 saturated carbocycles. The number of benzene rings is 1. The van der Waals surface area contributed by atoms with Gasteiger partial charge in [0.1, 0.15) is 11.5 Å². The molecule has 0 unspecified atom stereocenters. The van der Waals surface area contributed by atoms with Gasteiger partial charge in [-0.25, -0.2) is 4.39 Å². The number of aryl methyl sites for hydroxylation is 2. The number of hydrogen-bond acceptors (Lipinski definition) is 4. The van der Waals surface area contributed by atoms with E-state index in [4.69, 9.17) is 5.73 Å². The van der Waals surface area contributed by atoms with E-state index >= 15 is 0 Å². The fourth-order valence-corrected chi connectivity index (χ4v) is 2.56. The molecule has 28 heavy (non-hydrogen) atoms. The lowest BCUT2D eigenvalue weighted by atomic mass is 9.85. The van der Waals surface area contributed by atoms with Crippen LogP contribution in [0.15, 0.2) is 30.5 Å². The fourth-order valence-electron chi connectivity index (χ4n) is 2.56. The number of rotatable bonds is 7. The maximum Gasteiger partial charge on any atom is 0.272 e. The van der Waals surface area contributed by atoms with Crippen molar-refractivity contribution in [3.63, 3.8) is 0 Å². The molecule has 0 bridgehead atoms. The van der Waals surface area contributed by atoms with Crippen LogP contribution in [0.5, 0.6) is 0 Å². The van der Waals surface area contributed by atoms with Crippen LogP contribution in [0, 0.1) is 18.2 Å². The third-order valence-corrected chi connectivity index (χ3v) is 4.44. The molecule has 0 fully saturated rings. The minimum atomic E-state index is -1.15. The summed E-state index contributed by atoms with van der Waals surface area (Å²) in [5, 5.41) is 2.62. The average Bonchev–Trinajstić information content (AvgIpc) is 2.98. The van der Waals surface area contributed by atoms with E-state index in [1.54, 1.807) is 14.0 Å². The van der Waals surface area contributed by atoms with Crippen molar-refractivity contribution in [2.45, 2.75) is 27.2 Å². The van der Waals surface area contributed by atoms with Crippen LogP contribution in [0.4, 0.5) is 10.1 Å². The topological polar surface area (TPSA) is 111 Å². The maximum atomic E-state index is 13.3. The highest BCUT2D eigenvalue weighted by Gasteiger charge is 2.32. The highest BCUT2D eigenvalue weighted by atomic mass is 19.1. The molecular formula is C20H22FN3O4. The number of anilines is 1. The largest absolute Gasteiger partial charge is 0.369 e. The lowest BCUT2D eigenvalue weighted by Gasteiger charge is -2.18. The maximum absolute atomic E-state index is 13.3. The number of Topliss-reactive ketones (excluding diaryl/α,β-unsaturated/α-hetero) is 2. The number of primary amides is 1. The zero-order chi connectivity index (χ0) is 21.2. The Kier molecular flexibility index (Phi) is 5.82. The van der Waals surface area contributed by atoms with Crippen molar-refractivity contribution in [3.05, 3.63) is 53.1 Å². The van der Waals surface area contributed by atoms with Gasteiger partial charge in [-0.1, -0.05) is 13.8 Å². The lowest BCUT2D eigenvalue weighted by Crippen LogP contribution is -2.35. The Hall–Kier alpha value is -3.29. The normalized spacial score (nSPS) is 11.2. The molecule has 7 nitrogen and oxygen atoms in total. The Morgan fingerprint density at radius 3 is 2.39 bits per heavy atom. The van der Waals surface area contributed by atoms with E-state index in [1.165, 1.54) is 48.9 Å². The summed E-state index contributed by atoms with van der Waals surface area (Å²) in [6.45, 7) is 4.54. The number of hydrogen-bond donors (Lipinski definition) is 2. The number of nitrogens with two attached hydrogens (primary N) is 1. The molecule has 0 radical (unpaired) electrons. The first-order valence-corrected chi connectivity index (χ1v) is 8.53. The monoisotopic (exact) mass is 387 g/mol. The molecule has 1 heterocycles. The zero-order valence-electron chi connectivity index (χ0n) is 16.1. The number of halogens is 1. The second kappa shape index (κ2) is 7.75. The predicted octanol–water partition coefficient (Wildman–Crippen LogP) is 2.38. The molecule has 0 aliphatic heterocycles. The summed E-state index contributed by atoms with van der Waals surface area (Å²) in [7, 11) is 1.55. The minimum Gasteiger partial charge on any atom is -0.369 e. The molecule has 2 amide bonds. The number of carbonyl (C=O) groups excluding carboxylic acids is 4. The molecule has 0 saturated heterocycles. The average molecular weight is 387 g/mol. The first kappa shape index (κ1) is 21.0. The Morgan fingerprint density at radius 2 is 1.82 bits per heavy atom. The summed E-state index contributed by atoms with van der Waals surface area (Å²) in [5.41, 5.74) is 5.04. The van der Waals surface area contributed by atoms with Crippen molar-refractivity contribution in [3.8, 4) is 0 Å². The van der Waals surface area contributed by atoms with E-state index in [1.807, 2.05) is 0 Å². The molecule has 3 N–H and O–H groups in total. The summed E-state index contributed by atoms with van der Waals surface area (Å²) in [6, 6.07) is 5.44. The van der Waals surface area contributed by atoms with E-state index in [9.17, 15) is 23.6 Å². The lowest BCUT2D eigenvalue weighted by molar-refractivity contribution is -0.130. The fraction of sp³-hybridized carbons (Fsp3) is 0.300. The third-order valence-electron chi connectivity index (χ3n) is 4.44. The van der Waals surface area contributed by atoms with Crippen LogP contribution in [0.1, 0.15) is 46.7 Å². The van der Waals surface area contributed by atoms with Gasteiger partial charge >= 0.3 is 0 Å². The summed E-state index contributed by atoms with van der Waals surface area (Å²) in [5.74, 6) is -3.16. The summed E-state index contributed by atoms with van der Waals surface area (Å²) in [4.78, 5) is 48.4. The van der Waals surface area contributed by atoms with Crippen LogP contribution in [0.2, 0.25) is 0 Å². The van der Waals surface area contributed by atoms with Gasteiger partial charge in [0.25, 0.3) is 5.91 Å². The minimum absolute atomic E-state index is 0.0354. The van der Waals surface area contributed by atoms with Crippen LogP contribution >= 0.6 is 0 Å². The summed E-state index contributed by atoms with van der Waals surface area (Å²) in [6.07, 6.45) is 1.04. The third kappa shape index (κ3) is 4.51. The predicted molar refractivity (Wildman–Crippen MR) is 101 cm³/mol. The smallest absolute Gasteiger partial charge is 0.272 e. The number of nitrogens with zero attached hydrogens (tertiary/aromatic N) is 1. The molecule has 1 aromatic carbocycles. The molecule has 8 heteroatoms. The van der Waals surface area contributed by atoms with E-state index in [0.717, 1.165) is 0 Å². The molecule has 2 rings (SSSR count). The van der Waals surface area contributed by atoms with Crippen molar-refractivity contribution < 1.29 is 23.6 Å². The highest BCUT2D eigenvalue weighted by Crippen LogP contribution is 2.22. The highest BCUT2D eigenvalue weighted by molar-refractivity contribution is 6.44. The summed E-state index contributed by atoms with van der Waals surface area (Å²) >= 11 is 0. The van der Waals surface area contributed by atoms with Gasteiger partial charge in [-0.15, -0.1) is 0 Å². The number of amides is 2. The van der Waals surface area contributed by atoms with Gasteiger partial charge in [0.2, 0.25) is 17.5 Å². The van der Waals surface area contributed by atoms with Gasteiger partial charge in [-0.05, 0) is 36.8 Å². The van der Waals surface area contributed by atoms with Gasteiger partial charge < -0.3 is 15.6 Å². The zero-order valence-corrected chi connectivity index (χ0v) is 16.1. The molecule has 2 aromatic rings. The van der Waals surface area contributed by atoms with Crippen LogP contribution in [-0.2, 0) is 16.6 Å². The molecule has 0 spiro atoms. The van der Waals surface area contributed by atoms with Crippen LogP contribution < -0.4 is 11.1 Å². The van der Waals surface area contributed by atoms with Crippen LogP contribution in [0.25, 0.3) is 0 Å². The Bertz CT molecular complexity index is 976. The van der Waals surface area contributed by atoms with E-state index in [2.05, 4.69) is 5.32 Å². The number of aromatic nitrogens is 1. The first-order chi connectivity index (χ1) is 12.9. The van der Waals surface area contributed by atoms with Crippen molar-refractivity contribution in [2.24, 2.45) is 18.2 Å². The van der Waals surface area contributed by atoms with Crippen molar-refractivity contribution in [2.75, 3.05) is 5.32 Å². The number of nitrogens with one attached hydrogen (secondary N) is 1. The Morgan fingerprint density at radius 1 is 1.18 bits per heavy atom. The summed E-state index contributed by atoms with van der Waals surface area (Å²) < 4.78 is 14.8. The van der Waals surface area contributed by atoms with Gasteiger partial charge in [0.15, 0.2) is 0 Å². The Balaban J connectivity index is 2.18. The molecule has 0 aliphatic rings. The Labute approximate surface area is 161 Å².